The summed E-state index contributed by atoms with van der Waals surface area (Å²) in [6.45, 7) is 4.53. The molecule has 0 unspecified atom stereocenters. The molecule has 2 N–H and O–H groups in total. The predicted molar refractivity (Wildman–Crippen MR) is 71.3 cm³/mol. The third-order valence-electron chi connectivity index (χ3n) is 2.39. The summed E-state index contributed by atoms with van der Waals surface area (Å²) in [4.78, 5) is 13.3. The molecule has 1 aromatic heterocycles. The maximum atomic E-state index is 11.8. The Balaban J connectivity index is 2.68. The van der Waals surface area contributed by atoms with Crippen molar-refractivity contribution in [2.75, 3.05) is 6.54 Å². The zero-order valence-corrected chi connectivity index (χ0v) is 11.9. The Bertz CT molecular complexity index is 552. The number of pyridine rings is 1. The molecular formula is C11H17ClN2O3S. The summed E-state index contributed by atoms with van der Waals surface area (Å²) in [6, 6.07) is 1.14. The van der Waals surface area contributed by atoms with E-state index in [0.717, 1.165) is 25.1 Å². The Morgan fingerprint density at radius 3 is 2.67 bits per heavy atom. The van der Waals surface area contributed by atoms with Gasteiger partial charge in [-0.3, -0.25) is 4.79 Å². The Labute approximate surface area is 112 Å². The van der Waals surface area contributed by atoms with Crippen LogP contribution in [-0.4, -0.2) is 19.9 Å². The fourth-order valence-electron chi connectivity index (χ4n) is 1.39. The molecule has 0 aliphatic carbocycles. The second-order valence-electron chi connectivity index (χ2n) is 4.45. The third-order valence-corrected chi connectivity index (χ3v) is 4.11. The predicted octanol–water partition coefficient (Wildman–Crippen LogP) is 1.74. The first kappa shape index (κ1) is 15.2. The van der Waals surface area contributed by atoms with Gasteiger partial charge in [0.05, 0.1) is 4.90 Å². The van der Waals surface area contributed by atoms with Crippen molar-refractivity contribution >= 4 is 21.6 Å². The van der Waals surface area contributed by atoms with Gasteiger partial charge in [-0.2, -0.15) is 0 Å². The second-order valence-corrected chi connectivity index (χ2v) is 6.62. The van der Waals surface area contributed by atoms with E-state index in [-0.39, 0.29) is 9.92 Å². The summed E-state index contributed by atoms with van der Waals surface area (Å²) >= 11 is 5.59. The molecule has 0 saturated heterocycles. The van der Waals surface area contributed by atoms with Crippen molar-refractivity contribution in [3.8, 4) is 0 Å². The summed E-state index contributed by atoms with van der Waals surface area (Å²) in [5.41, 5.74) is -0.504. The van der Waals surface area contributed by atoms with E-state index in [9.17, 15) is 13.2 Å². The highest BCUT2D eigenvalue weighted by molar-refractivity contribution is 7.89. The molecule has 0 aliphatic rings. The molecule has 18 heavy (non-hydrogen) atoms. The van der Waals surface area contributed by atoms with Crippen LogP contribution in [0.2, 0.25) is 5.02 Å². The zero-order valence-electron chi connectivity index (χ0n) is 10.4. The largest absolute Gasteiger partial charge is 0.326 e. The Kier molecular flexibility index (Phi) is 5.37. The Morgan fingerprint density at radius 2 is 2.11 bits per heavy atom. The molecule has 0 bridgehead atoms. The van der Waals surface area contributed by atoms with Gasteiger partial charge in [0.25, 0.3) is 5.56 Å². The first-order valence-electron chi connectivity index (χ1n) is 5.71. The molecule has 1 rings (SSSR count). The van der Waals surface area contributed by atoms with Crippen molar-refractivity contribution < 1.29 is 8.42 Å². The van der Waals surface area contributed by atoms with Gasteiger partial charge in [0.1, 0.15) is 5.02 Å². The average Bonchev–Trinajstić information content (AvgIpc) is 2.28. The van der Waals surface area contributed by atoms with Crippen LogP contribution in [0.15, 0.2) is 22.0 Å². The van der Waals surface area contributed by atoms with Crippen LogP contribution < -0.4 is 10.3 Å². The zero-order chi connectivity index (χ0) is 13.8. The smallest absolute Gasteiger partial charge is 0.266 e. The molecule has 0 fully saturated rings. The van der Waals surface area contributed by atoms with Crippen LogP contribution in [0.5, 0.6) is 0 Å². The molecule has 1 aromatic rings. The van der Waals surface area contributed by atoms with E-state index < -0.39 is 15.6 Å². The molecular weight excluding hydrogens is 276 g/mol. The molecule has 0 saturated carbocycles. The van der Waals surface area contributed by atoms with Crippen molar-refractivity contribution in [2.24, 2.45) is 5.92 Å². The van der Waals surface area contributed by atoms with Gasteiger partial charge in [0.2, 0.25) is 10.0 Å². The van der Waals surface area contributed by atoms with Gasteiger partial charge in [0, 0.05) is 12.7 Å². The molecule has 5 nitrogen and oxygen atoms in total. The van der Waals surface area contributed by atoms with E-state index in [2.05, 4.69) is 23.6 Å². The number of aromatic amines is 1. The van der Waals surface area contributed by atoms with Crippen molar-refractivity contribution in [1.82, 2.24) is 9.71 Å². The van der Waals surface area contributed by atoms with Gasteiger partial charge < -0.3 is 4.98 Å². The summed E-state index contributed by atoms with van der Waals surface area (Å²) < 4.78 is 26.2. The molecule has 102 valence electrons. The van der Waals surface area contributed by atoms with Gasteiger partial charge in [-0.1, -0.05) is 25.4 Å². The minimum Gasteiger partial charge on any atom is -0.326 e. The number of H-pyrrole nitrogens is 1. The lowest BCUT2D eigenvalue weighted by atomic mass is 10.1. The lowest BCUT2D eigenvalue weighted by molar-refractivity contribution is 0.539. The number of hydrogen-bond acceptors (Lipinski definition) is 3. The highest BCUT2D eigenvalue weighted by Gasteiger charge is 2.14. The van der Waals surface area contributed by atoms with Crippen LogP contribution >= 0.6 is 11.6 Å². The quantitative estimate of drug-likeness (QED) is 0.784. The molecule has 7 heteroatoms. The fourth-order valence-corrected chi connectivity index (χ4v) is 2.70. The van der Waals surface area contributed by atoms with E-state index in [4.69, 9.17) is 11.6 Å². The second kappa shape index (κ2) is 6.36. The van der Waals surface area contributed by atoms with E-state index in [1.54, 1.807) is 0 Å². The normalized spacial score (nSPS) is 12.0. The van der Waals surface area contributed by atoms with Crippen molar-refractivity contribution in [3.63, 3.8) is 0 Å². The van der Waals surface area contributed by atoms with Crippen molar-refractivity contribution in [2.45, 2.75) is 31.6 Å². The number of halogens is 1. The lowest BCUT2D eigenvalue weighted by Crippen LogP contribution is -2.26. The number of rotatable bonds is 6. The van der Waals surface area contributed by atoms with Crippen LogP contribution in [0, 0.1) is 5.92 Å². The number of sulfonamides is 1. The third kappa shape index (κ3) is 4.44. The summed E-state index contributed by atoms with van der Waals surface area (Å²) in [5.74, 6) is 0.539. The van der Waals surface area contributed by atoms with Crippen molar-refractivity contribution in [3.05, 3.63) is 27.6 Å². The van der Waals surface area contributed by atoms with E-state index in [1.165, 1.54) is 0 Å². The highest BCUT2D eigenvalue weighted by Crippen LogP contribution is 2.10. The first-order valence-corrected chi connectivity index (χ1v) is 7.57. The van der Waals surface area contributed by atoms with Gasteiger partial charge in [-0.05, 0) is 24.8 Å². The minimum absolute atomic E-state index is 0.0309. The Hall–Kier alpha value is -0.850. The lowest BCUT2D eigenvalue weighted by Gasteiger charge is -2.07. The number of nitrogens with one attached hydrogen (secondary N) is 2. The fraction of sp³-hybridized carbons (Fsp3) is 0.545. The van der Waals surface area contributed by atoms with Gasteiger partial charge in [-0.15, -0.1) is 0 Å². The molecule has 0 aromatic carbocycles. The summed E-state index contributed by atoms with van der Waals surface area (Å²) in [5, 5.41) is -0.139. The van der Waals surface area contributed by atoms with Crippen molar-refractivity contribution in [1.29, 1.82) is 0 Å². The SMILES string of the molecule is CC(C)CCCNS(=O)(=O)c1c[nH]c(=O)c(Cl)c1. The van der Waals surface area contributed by atoms with Gasteiger partial charge in [-0.25, -0.2) is 13.1 Å². The number of hydrogen-bond donors (Lipinski definition) is 2. The molecule has 0 atom stereocenters. The highest BCUT2D eigenvalue weighted by atomic mass is 35.5. The standard InChI is InChI=1S/C11H17ClN2O3S/c1-8(2)4-3-5-14-18(16,17)9-6-10(12)11(15)13-7-9/h6-8,14H,3-5H2,1-2H3,(H,13,15). The number of aromatic nitrogens is 1. The molecule has 0 aliphatic heterocycles. The van der Waals surface area contributed by atoms with Crippen LogP contribution in [0.25, 0.3) is 0 Å². The van der Waals surface area contributed by atoms with E-state index in [1.807, 2.05) is 0 Å². The minimum atomic E-state index is -3.60. The topological polar surface area (TPSA) is 79.0 Å². The summed E-state index contributed by atoms with van der Waals surface area (Å²) in [6.07, 6.45) is 2.86. The van der Waals surface area contributed by atoms with Gasteiger partial charge in [0.15, 0.2) is 0 Å². The average molecular weight is 293 g/mol. The van der Waals surface area contributed by atoms with Crippen LogP contribution in [-0.2, 0) is 10.0 Å². The van der Waals surface area contributed by atoms with Crippen LogP contribution in [0.1, 0.15) is 26.7 Å². The monoisotopic (exact) mass is 292 g/mol. The molecule has 1 heterocycles. The van der Waals surface area contributed by atoms with E-state index >= 15 is 0 Å². The molecule has 0 spiro atoms. The Morgan fingerprint density at radius 1 is 1.44 bits per heavy atom. The van der Waals surface area contributed by atoms with Crippen LogP contribution in [0.4, 0.5) is 0 Å². The molecule has 0 amide bonds. The first-order chi connectivity index (χ1) is 8.33. The summed E-state index contributed by atoms with van der Waals surface area (Å²) in [7, 11) is -3.60. The van der Waals surface area contributed by atoms with Crippen LogP contribution in [0.3, 0.4) is 0 Å². The molecule has 0 radical (unpaired) electrons. The van der Waals surface area contributed by atoms with Gasteiger partial charge >= 0.3 is 0 Å². The maximum absolute atomic E-state index is 11.8. The maximum Gasteiger partial charge on any atom is 0.266 e. The van der Waals surface area contributed by atoms with E-state index in [0.29, 0.717) is 12.5 Å².